The molecule has 4 nitrogen and oxygen atoms in total. The van der Waals surface area contributed by atoms with Crippen molar-refractivity contribution in [2.24, 2.45) is 5.41 Å². The van der Waals surface area contributed by atoms with Gasteiger partial charge >= 0.3 is 0 Å². The fraction of sp³-hybridized carbons (Fsp3) is 0.474. The number of likely N-dealkylation sites (tertiary alicyclic amines) is 1. The molecular formula is C19H22FN3O. The standard InChI is InChI=1S/C19H22FN3O/c1-13-16(10-14-2-3-15(20)11-17(14)22-13)18(24)23-8-5-19(6-9-23)4-7-21-12-19/h2-3,10-11,21H,4-9,12H2,1H3. The van der Waals surface area contributed by atoms with E-state index in [9.17, 15) is 9.18 Å². The van der Waals surface area contributed by atoms with Gasteiger partial charge in [-0.3, -0.25) is 9.78 Å². The summed E-state index contributed by atoms with van der Waals surface area (Å²) in [5.74, 6) is -0.257. The number of aromatic nitrogens is 1. The number of halogens is 1. The first-order valence-electron chi connectivity index (χ1n) is 8.63. The van der Waals surface area contributed by atoms with Crippen molar-refractivity contribution in [3.05, 3.63) is 41.3 Å². The summed E-state index contributed by atoms with van der Waals surface area (Å²) < 4.78 is 13.3. The van der Waals surface area contributed by atoms with Crippen LogP contribution in [0.2, 0.25) is 0 Å². The number of aryl methyl sites for hydroxylation is 1. The lowest BCUT2D eigenvalue weighted by atomic mass is 9.78. The topological polar surface area (TPSA) is 45.2 Å². The third-order valence-corrected chi connectivity index (χ3v) is 5.64. The van der Waals surface area contributed by atoms with Crippen molar-refractivity contribution in [2.75, 3.05) is 26.2 Å². The van der Waals surface area contributed by atoms with E-state index < -0.39 is 0 Å². The molecule has 4 rings (SSSR count). The average molecular weight is 327 g/mol. The van der Waals surface area contributed by atoms with Crippen LogP contribution in [0.3, 0.4) is 0 Å². The van der Waals surface area contributed by atoms with Crippen LogP contribution in [-0.2, 0) is 0 Å². The van der Waals surface area contributed by atoms with Gasteiger partial charge in [-0.25, -0.2) is 4.39 Å². The Morgan fingerprint density at radius 3 is 2.75 bits per heavy atom. The number of hydrogen-bond acceptors (Lipinski definition) is 3. The predicted octanol–water partition coefficient (Wildman–Crippen LogP) is 2.90. The molecule has 24 heavy (non-hydrogen) atoms. The SMILES string of the molecule is Cc1nc2cc(F)ccc2cc1C(=O)N1CCC2(CCNC2)CC1. The van der Waals surface area contributed by atoms with E-state index in [2.05, 4.69) is 10.3 Å². The zero-order valence-electron chi connectivity index (χ0n) is 13.9. The van der Waals surface area contributed by atoms with Crippen molar-refractivity contribution < 1.29 is 9.18 Å². The highest BCUT2D eigenvalue weighted by molar-refractivity contribution is 5.98. The Labute approximate surface area is 141 Å². The molecule has 1 amide bonds. The second-order valence-electron chi connectivity index (χ2n) is 7.18. The van der Waals surface area contributed by atoms with Crippen molar-refractivity contribution in [1.29, 1.82) is 0 Å². The van der Waals surface area contributed by atoms with E-state index >= 15 is 0 Å². The Morgan fingerprint density at radius 2 is 2.04 bits per heavy atom. The van der Waals surface area contributed by atoms with Crippen LogP contribution in [0.25, 0.3) is 10.9 Å². The largest absolute Gasteiger partial charge is 0.339 e. The molecule has 0 saturated carbocycles. The van der Waals surface area contributed by atoms with Gasteiger partial charge in [-0.2, -0.15) is 0 Å². The number of piperidine rings is 1. The number of carbonyl (C=O) groups is 1. The Morgan fingerprint density at radius 1 is 1.25 bits per heavy atom. The van der Waals surface area contributed by atoms with E-state index in [1.54, 1.807) is 6.07 Å². The lowest BCUT2D eigenvalue weighted by Crippen LogP contribution is -2.44. The number of pyridine rings is 1. The minimum atomic E-state index is -0.306. The molecular weight excluding hydrogens is 305 g/mol. The molecule has 1 aromatic carbocycles. The van der Waals surface area contributed by atoms with E-state index in [1.807, 2.05) is 17.9 Å². The van der Waals surface area contributed by atoms with Crippen LogP contribution in [0.15, 0.2) is 24.3 Å². The van der Waals surface area contributed by atoms with Crippen LogP contribution in [0.5, 0.6) is 0 Å². The van der Waals surface area contributed by atoms with Crippen LogP contribution in [-0.4, -0.2) is 42.0 Å². The van der Waals surface area contributed by atoms with E-state index in [1.165, 1.54) is 18.6 Å². The smallest absolute Gasteiger partial charge is 0.255 e. The third-order valence-electron chi connectivity index (χ3n) is 5.64. The summed E-state index contributed by atoms with van der Waals surface area (Å²) >= 11 is 0. The van der Waals surface area contributed by atoms with Gasteiger partial charge in [0.05, 0.1) is 16.8 Å². The molecule has 1 aromatic heterocycles. The van der Waals surface area contributed by atoms with Gasteiger partial charge in [-0.15, -0.1) is 0 Å². The van der Waals surface area contributed by atoms with Crippen LogP contribution < -0.4 is 5.32 Å². The van der Waals surface area contributed by atoms with Crippen molar-refractivity contribution >= 4 is 16.8 Å². The maximum Gasteiger partial charge on any atom is 0.255 e. The molecule has 126 valence electrons. The number of amides is 1. The maximum atomic E-state index is 13.3. The quantitative estimate of drug-likeness (QED) is 0.876. The van der Waals surface area contributed by atoms with Gasteiger partial charge in [-0.05, 0) is 56.3 Å². The molecule has 0 unspecified atom stereocenters. The number of hydrogen-bond donors (Lipinski definition) is 1. The highest BCUT2D eigenvalue weighted by Crippen LogP contribution is 2.37. The Kier molecular flexibility index (Phi) is 3.76. The number of nitrogens with zero attached hydrogens (tertiary/aromatic N) is 2. The summed E-state index contributed by atoms with van der Waals surface area (Å²) in [6.45, 7) is 5.61. The summed E-state index contributed by atoms with van der Waals surface area (Å²) in [4.78, 5) is 19.3. The summed E-state index contributed by atoms with van der Waals surface area (Å²) in [6.07, 6.45) is 3.35. The second-order valence-corrected chi connectivity index (χ2v) is 7.18. The fourth-order valence-corrected chi connectivity index (χ4v) is 4.03. The summed E-state index contributed by atoms with van der Waals surface area (Å²) in [5.41, 5.74) is 2.29. The second kappa shape index (κ2) is 5.81. The van der Waals surface area contributed by atoms with Crippen molar-refractivity contribution in [2.45, 2.75) is 26.2 Å². The lowest BCUT2D eigenvalue weighted by Gasteiger charge is -2.39. The normalized spacial score (nSPS) is 20.0. The lowest BCUT2D eigenvalue weighted by molar-refractivity contribution is 0.0606. The van der Waals surface area contributed by atoms with E-state index in [0.717, 1.165) is 44.4 Å². The fourth-order valence-electron chi connectivity index (χ4n) is 4.03. The van der Waals surface area contributed by atoms with Crippen LogP contribution in [0.4, 0.5) is 4.39 Å². The van der Waals surface area contributed by atoms with Gasteiger partial charge in [0.25, 0.3) is 5.91 Å². The van der Waals surface area contributed by atoms with E-state index in [4.69, 9.17) is 0 Å². The van der Waals surface area contributed by atoms with Crippen molar-refractivity contribution in [3.63, 3.8) is 0 Å². The molecule has 2 saturated heterocycles. The van der Waals surface area contributed by atoms with Crippen molar-refractivity contribution in [3.8, 4) is 0 Å². The van der Waals surface area contributed by atoms with Gasteiger partial charge in [0, 0.05) is 31.1 Å². The number of rotatable bonds is 1. The van der Waals surface area contributed by atoms with E-state index in [-0.39, 0.29) is 11.7 Å². The molecule has 5 heteroatoms. The number of fused-ring (bicyclic) bond motifs is 1. The van der Waals surface area contributed by atoms with Crippen LogP contribution in [0, 0.1) is 18.2 Å². The Hall–Kier alpha value is -2.01. The zero-order chi connectivity index (χ0) is 16.7. The Balaban J connectivity index is 1.57. The third kappa shape index (κ3) is 2.67. The molecule has 2 aliphatic heterocycles. The number of benzene rings is 1. The molecule has 0 aliphatic carbocycles. The molecule has 3 heterocycles. The average Bonchev–Trinajstić information content (AvgIpc) is 3.02. The zero-order valence-corrected chi connectivity index (χ0v) is 13.9. The minimum absolute atomic E-state index is 0.0482. The molecule has 2 aliphatic rings. The van der Waals surface area contributed by atoms with Gasteiger partial charge in [0.2, 0.25) is 0 Å². The molecule has 0 atom stereocenters. The molecule has 2 fully saturated rings. The highest BCUT2D eigenvalue weighted by Gasteiger charge is 2.38. The summed E-state index contributed by atoms with van der Waals surface area (Å²) in [6, 6.07) is 6.35. The Bertz CT molecular complexity index is 789. The van der Waals surface area contributed by atoms with Gasteiger partial charge in [0.15, 0.2) is 0 Å². The first-order chi connectivity index (χ1) is 11.6. The monoisotopic (exact) mass is 327 g/mol. The van der Waals surface area contributed by atoms with Gasteiger partial charge in [-0.1, -0.05) is 0 Å². The van der Waals surface area contributed by atoms with Crippen LogP contribution in [0.1, 0.15) is 35.3 Å². The van der Waals surface area contributed by atoms with Gasteiger partial charge < -0.3 is 10.2 Å². The summed E-state index contributed by atoms with van der Waals surface area (Å²) in [5, 5.41) is 4.25. The predicted molar refractivity (Wildman–Crippen MR) is 91.5 cm³/mol. The van der Waals surface area contributed by atoms with Gasteiger partial charge in [0.1, 0.15) is 5.82 Å². The first-order valence-corrected chi connectivity index (χ1v) is 8.63. The summed E-state index contributed by atoms with van der Waals surface area (Å²) in [7, 11) is 0. The number of nitrogens with one attached hydrogen (secondary N) is 1. The molecule has 1 N–H and O–H groups in total. The molecule has 1 spiro atoms. The van der Waals surface area contributed by atoms with Crippen molar-refractivity contribution in [1.82, 2.24) is 15.2 Å². The van der Waals surface area contributed by atoms with Crippen LogP contribution >= 0.6 is 0 Å². The number of carbonyl (C=O) groups excluding carboxylic acids is 1. The molecule has 0 bridgehead atoms. The minimum Gasteiger partial charge on any atom is -0.339 e. The molecule has 2 aromatic rings. The van der Waals surface area contributed by atoms with E-state index in [0.29, 0.717) is 22.2 Å². The molecule has 0 radical (unpaired) electrons. The maximum absolute atomic E-state index is 13.3. The first kappa shape index (κ1) is 15.5. The highest BCUT2D eigenvalue weighted by atomic mass is 19.1.